The summed E-state index contributed by atoms with van der Waals surface area (Å²) in [6.07, 6.45) is 3.20. The molecule has 1 aromatic heterocycles. The zero-order chi connectivity index (χ0) is 23.8. The van der Waals surface area contributed by atoms with Crippen molar-refractivity contribution in [3.8, 4) is 0 Å². The maximum atomic E-state index is 12.9. The predicted octanol–water partition coefficient (Wildman–Crippen LogP) is 4.53. The monoisotopic (exact) mass is 509 g/mol. The van der Waals surface area contributed by atoms with Crippen LogP contribution in [0.25, 0.3) is 0 Å². The lowest BCUT2D eigenvalue weighted by Gasteiger charge is -2.40. The Kier molecular flexibility index (Phi) is 9.64. The fourth-order valence-corrected chi connectivity index (χ4v) is 4.66. The molecule has 2 amide bonds. The van der Waals surface area contributed by atoms with Crippen LogP contribution >= 0.6 is 35.0 Å². The number of rotatable bonds is 9. The molecule has 1 aliphatic heterocycles. The smallest absolute Gasteiger partial charge is 0.254 e. The fraction of sp³-hybridized carbons (Fsp3) is 0.478. The van der Waals surface area contributed by atoms with E-state index >= 15 is 0 Å². The third-order valence-electron chi connectivity index (χ3n) is 5.40. The molecule has 3 rings (SSSR count). The van der Waals surface area contributed by atoms with Crippen molar-refractivity contribution in [2.45, 2.75) is 44.3 Å². The van der Waals surface area contributed by atoms with Gasteiger partial charge >= 0.3 is 0 Å². The van der Waals surface area contributed by atoms with E-state index in [9.17, 15) is 9.59 Å². The minimum atomic E-state index is -0.0378. The van der Waals surface area contributed by atoms with Gasteiger partial charge < -0.3 is 15.1 Å². The molecule has 1 N–H and O–H groups in total. The fourth-order valence-electron chi connectivity index (χ4n) is 3.62. The number of hydrogen-bond donors (Lipinski definition) is 1. The number of hydrogen-bond acceptors (Lipinski definition) is 6. The van der Waals surface area contributed by atoms with Crippen molar-refractivity contribution in [3.63, 3.8) is 0 Å². The van der Waals surface area contributed by atoms with Gasteiger partial charge in [-0.2, -0.15) is 0 Å². The zero-order valence-corrected chi connectivity index (χ0v) is 21.2. The van der Waals surface area contributed by atoms with Crippen LogP contribution in [0.15, 0.2) is 35.5 Å². The number of benzene rings is 1. The molecule has 1 fully saturated rings. The lowest BCUT2D eigenvalue weighted by atomic mass is 10.1. The van der Waals surface area contributed by atoms with E-state index in [4.69, 9.17) is 23.2 Å². The number of amides is 2. The number of carbonyl (C=O) groups excluding carboxylic acids is 2. The molecule has 0 radical (unpaired) electrons. The summed E-state index contributed by atoms with van der Waals surface area (Å²) in [5, 5.41) is 4.32. The van der Waals surface area contributed by atoms with Gasteiger partial charge in [0.15, 0.2) is 5.16 Å². The minimum absolute atomic E-state index is 0.0132. The number of unbranched alkanes of at least 4 members (excludes halogenated alkanes) is 2. The Morgan fingerprint density at radius 1 is 1.15 bits per heavy atom. The van der Waals surface area contributed by atoms with E-state index in [1.807, 2.05) is 11.8 Å². The van der Waals surface area contributed by atoms with E-state index in [0.717, 1.165) is 19.3 Å². The number of aromatic nitrogens is 2. The summed E-state index contributed by atoms with van der Waals surface area (Å²) < 4.78 is 0. The second kappa shape index (κ2) is 12.4. The molecule has 1 unspecified atom stereocenters. The number of piperazine rings is 1. The van der Waals surface area contributed by atoms with Gasteiger partial charge in [-0.05, 0) is 37.6 Å². The Labute approximate surface area is 209 Å². The van der Waals surface area contributed by atoms with Crippen LogP contribution in [-0.2, 0) is 4.79 Å². The van der Waals surface area contributed by atoms with E-state index in [0.29, 0.717) is 52.9 Å². The molecule has 1 atom stereocenters. The highest BCUT2D eigenvalue weighted by Crippen LogP contribution is 2.25. The Morgan fingerprint density at radius 2 is 1.91 bits per heavy atom. The SMILES string of the molecule is CCCCCNC(=O)CSc1nc(Cl)cc(N2CCN(C(=O)c3ccc(Cl)cc3)C(C)C2)n1. The van der Waals surface area contributed by atoms with Gasteiger partial charge in [0.2, 0.25) is 5.91 Å². The number of thioether (sulfide) groups is 1. The van der Waals surface area contributed by atoms with E-state index in [2.05, 4.69) is 27.1 Å². The highest BCUT2D eigenvalue weighted by molar-refractivity contribution is 7.99. The maximum Gasteiger partial charge on any atom is 0.254 e. The molecule has 2 heterocycles. The summed E-state index contributed by atoms with van der Waals surface area (Å²) in [6.45, 7) is 6.64. The largest absolute Gasteiger partial charge is 0.355 e. The Balaban J connectivity index is 1.58. The van der Waals surface area contributed by atoms with Crippen molar-refractivity contribution in [2.24, 2.45) is 0 Å². The third-order valence-corrected chi connectivity index (χ3v) is 6.69. The number of carbonyl (C=O) groups is 2. The summed E-state index contributed by atoms with van der Waals surface area (Å²) in [4.78, 5) is 37.8. The molecule has 0 bridgehead atoms. The summed E-state index contributed by atoms with van der Waals surface area (Å²) in [5.41, 5.74) is 0.622. The molecule has 1 aliphatic rings. The lowest BCUT2D eigenvalue weighted by molar-refractivity contribution is -0.118. The van der Waals surface area contributed by atoms with Gasteiger partial charge in [-0.15, -0.1) is 0 Å². The van der Waals surface area contributed by atoms with Gasteiger partial charge in [0, 0.05) is 48.9 Å². The van der Waals surface area contributed by atoms with Gasteiger partial charge in [-0.3, -0.25) is 9.59 Å². The van der Waals surface area contributed by atoms with E-state index in [1.165, 1.54) is 11.8 Å². The average molecular weight is 510 g/mol. The number of halogens is 2. The molecule has 0 saturated carbocycles. The summed E-state index contributed by atoms with van der Waals surface area (Å²) in [5.74, 6) is 0.891. The molecule has 2 aromatic rings. The standard InChI is InChI=1S/C23H29Cl2N5O2S/c1-3-4-5-10-26-21(31)15-33-23-27-19(25)13-20(28-23)29-11-12-30(16(2)14-29)22(32)17-6-8-18(24)9-7-17/h6-9,13,16H,3-5,10-12,14-15H2,1-2H3,(H,26,31). The van der Waals surface area contributed by atoms with Crippen molar-refractivity contribution < 1.29 is 9.59 Å². The molecule has 1 saturated heterocycles. The van der Waals surface area contributed by atoms with E-state index in [1.54, 1.807) is 30.3 Å². The predicted molar refractivity (Wildman–Crippen MR) is 134 cm³/mol. The Morgan fingerprint density at radius 3 is 2.61 bits per heavy atom. The highest BCUT2D eigenvalue weighted by Gasteiger charge is 2.29. The zero-order valence-electron chi connectivity index (χ0n) is 18.9. The molecule has 178 valence electrons. The molecule has 33 heavy (non-hydrogen) atoms. The molecule has 1 aromatic carbocycles. The van der Waals surface area contributed by atoms with Crippen LogP contribution in [0.3, 0.4) is 0 Å². The average Bonchev–Trinajstić information content (AvgIpc) is 2.80. The van der Waals surface area contributed by atoms with E-state index < -0.39 is 0 Å². The van der Waals surface area contributed by atoms with E-state index in [-0.39, 0.29) is 23.6 Å². The molecule has 10 heteroatoms. The van der Waals surface area contributed by atoms with Gasteiger partial charge in [0.1, 0.15) is 11.0 Å². The minimum Gasteiger partial charge on any atom is -0.355 e. The normalized spacial score (nSPS) is 16.1. The summed E-state index contributed by atoms with van der Waals surface area (Å²) in [6, 6.07) is 8.65. The van der Waals surface area contributed by atoms with Crippen molar-refractivity contribution in [2.75, 3.05) is 36.8 Å². The van der Waals surface area contributed by atoms with Crippen LogP contribution in [-0.4, -0.2) is 64.7 Å². The summed E-state index contributed by atoms with van der Waals surface area (Å²) >= 11 is 13.5. The molecule has 0 aliphatic carbocycles. The first kappa shape index (κ1) is 25.6. The first-order chi connectivity index (χ1) is 15.9. The van der Waals surface area contributed by atoms with Crippen LogP contribution in [0.5, 0.6) is 0 Å². The highest BCUT2D eigenvalue weighted by atomic mass is 35.5. The topological polar surface area (TPSA) is 78.4 Å². The van der Waals surface area contributed by atoms with Crippen LogP contribution in [0, 0.1) is 0 Å². The number of nitrogens with zero attached hydrogens (tertiary/aromatic N) is 4. The Hall–Kier alpha value is -2.03. The molecular formula is C23H29Cl2N5O2S. The van der Waals surface area contributed by atoms with Crippen molar-refractivity contribution >= 4 is 52.6 Å². The van der Waals surface area contributed by atoms with Crippen LogP contribution in [0.2, 0.25) is 10.2 Å². The van der Waals surface area contributed by atoms with Gasteiger partial charge in [-0.1, -0.05) is 54.7 Å². The Bertz CT molecular complexity index is 960. The molecule has 7 nitrogen and oxygen atoms in total. The van der Waals surface area contributed by atoms with Crippen molar-refractivity contribution in [1.82, 2.24) is 20.2 Å². The molecule has 0 spiro atoms. The quantitative estimate of drug-likeness (QED) is 0.231. The van der Waals surface area contributed by atoms with Crippen LogP contribution in [0.4, 0.5) is 5.82 Å². The van der Waals surface area contributed by atoms with Gasteiger partial charge in [0.25, 0.3) is 5.91 Å². The first-order valence-corrected chi connectivity index (χ1v) is 12.9. The van der Waals surface area contributed by atoms with Crippen LogP contribution < -0.4 is 10.2 Å². The number of nitrogens with one attached hydrogen (secondary N) is 1. The second-order valence-electron chi connectivity index (χ2n) is 7.98. The van der Waals surface area contributed by atoms with Crippen molar-refractivity contribution in [3.05, 3.63) is 46.1 Å². The second-order valence-corrected chi connectivity index (χ2v) is 9.74. The van der Waals surface area contributed by atoms with Gasteiger partial charge in [0.05, 0.1) is 5.75 Å². The maximum absolute atomic E-state index is 12.9. The first-order valence-electron chi connectivity index (χ1n) is 11.1. The summed E-state index contributed by atoms with van der Waals surface area (Å²) in [7, 11) is 0. The molecular weight excluding hydrogens is 481 g/mol. The van der Waals surface area contributed by atoms with Gasteiger partial charge in [-0.25, -0.2) is 9.97 Å². The van der Waals surface area contributed by atoms with Crippen molar-refractivity contribution in [1.29, 1.82) is 0 Å². The van der Waals surface area contributed by atoms with Crippen LogP contribution in [0.1, 0.15) is 43.5 Å². The number of anilines is 1. The lowest BCUT2D eigenvalue weighted by Crippen LogP contribution is -2.54. The third kappa shape index (κ3) is 7.48.